The standard InChI is InChI=1S/C14H19FN2/c1-10(2)14(3,4)9-17-13-6-5-12(15)7-11(13)8-16/h5-7,10,17H,9H2,1-4H3. The van der Waals surface area contributed by atoms with Crippen LogP contribution in [0, 0.1) is 28.5 Å². The molecule has 0 saturated carbocycles. The monoisotopic (exact) mass is 234 g/mol. The van der Waals surface area contributed by atoms with Gasteiger partial charge in [-0.15, -0.1) is 0 Å². The first-order valence-electron chi connectivity index (χ1n) is 5.80. The van der Waals surface area contributed by atoms with Crippen LogP contribution in [0.15, 0.2) is 18.2 Å². The Hall–Kier alpha value is -1.56. The number of halogens is 1. The van der Waals surface area contributed by atoms with Gasteiger partial charge in [-0.2, -0.15) is 5.26 Å². The minimum Gasteiger partial charge on any atom is -0.383 e. The zero-order valence-electron chi connectivity index (χ0n) is 10.8. The lowest BCUT2D eigenvalue weighted by Crippen LogP contribution is -2.28. The predicted octanol–water partition coefficient (Wildman–Crippen LogP) is 3.79. The molecule has 0 heterocycles. The molecule has 0 aliphatic carbocycles. The lowest BCUT2D eigenvalue weighted by atomic mass is 9.81. The topological polar surface area (TPSA) is 35.8 Å². The summed E-state index contributed by atoms with van der Waals surface area (Å²) in [5.41, 5.74) is 1.17. The largest absolute Gasteiger partial charge is 0.383 e. The Morgan fingerprint density at radius 3 is 2.59 bits per heavy atom. The maximum atomic E-state index is 13.0. The van der Waals surface area contributed by atoms with Crippen molar-refractivity contribution in [2.75, 3.05) is 11.9 Å². The Bertz CT molecular complexity index is 430. The van der Waals surface area contributed by atoms with E-state index in [1.165, 1.54) is 12.1 Å². The van der Waals surface area contributed by atoms with E-state index in [1.807, 2.05) is 6.07 Å². The molecular weight excluding hydrogens is 215 g/mol. The fourth-order valence-electron chi connectivity index (χ4n) is 1.29. The zero-order valence-corrected chi connectivity index (χ0v) is 10.8. The highest BCUT2D eigenvalue weighted by molar-refractivity contribution is 5.57. The van der Waals surface area contributed by atoms with Gasteiger partial charge in [0.25, 0.3) is 0 Å². The molecule has 0 fully saturated rings. The van der Waals surface area contributed by atoms with Gasteiger partial charge in [0.2, 0.25) is 0 Å². The van der Waals surface area contributed by atoms with Crippen molar-refractivity contribution < 1.29 is 4.39 Å². The molecule has 1 aromatic rings. The lowest BCUT2D eigenvalue weighted by Gasteiger charge is -2.30. The highest BCUT2D eigenvalue weighted by atomic mass is 19.1. The highest BCUT2D eigenvalue weighted by Crippen LogP contribution is 2.27. The van der Waals surface area contributed by atoms with E-state index in [0.717, 1.165) is 6.54 Å². The first kappa shape index (κ1) is 13.5. The predicted molar refractivity (Wildman–Crippen MR) is 68.2 cm³/mol. The summed E-state index contributed by atoms with van der Waals surface area (Å²) in [5, 5.41) is 12.1. The van der Waals surface area contributed by atoms with E-state index in [9.17, 15) is 4.39 Å². The summed E-state index contributed by atoms with van der Waals surface area (Å²) in [6.07, 6.45) is 0. The van der Waals surface area contributed by atoms with Gasteiger partial charge in [0.15, 0.2) is 0 Å². The molecule has 0 radical (unpaired) electrons. The normalized spacial score (nSPS) is 11.4. The van der Waals surface area contributed by atoms with Gasteiger partial charge < -0.3 is 5.32 Å². The van der Waals surface area contributed by atoms with Crippen LogP contribution < -0.4 is 5.32 Å². The molecule has 0 bridgehead atoms. The van der Waals surface area contributed by atoms with Crippen molar-refractivity contribution in [1.82, 2.24) is 0 Å². The van der Waals surface area contributed by atoms with Crippen molar-refractivity contribution in [3.63, 3.8) is 0 Å². The number of anilines is 1. The molecule has 0 amide bonds. The van der Waals surface area contributed by atoms with Crippen molar-refractivity contribution >= 4 is 5.69 Å². The molecule has 0 aliphatic heterocycles. The minimum atomic E-state index is -0.379. The van der Waals surface area contributed by atoms with Gasteiger partial charge in [-0.1, -0.05) is 27.7 Å². The number of nitriles is 1. The number of nitrogens with zero attached hydrogens (tertiary/aromatic N) is 1. The van der Waals surface area contributed by atoms with Gasteiger partial charge in [-0.25, -0.2) is 4.39 Å². The second kappa shape index (κ2) is 5.18. The van der Waals surface area contributed by atoms with Crippen molar-refractivity contribution in [1.29, 1.82) is 5.26 Å². The van der Waals surface area contributed by atoms with E-state index in [1.54, 1.807) is 6.07 Å². The van der Waals surface area contributed by atoms with Crippen molar-refractivity contribution in [2.24, 2.45) is 11.3 Å². The maximum Gasteiger partial charge on any atom is 0.124 e. The summed E-state index contributed by atoms with van der Waals surface area (Å²) in [6, 6.07) is 6.24. The zero-order chi connectivity index (χ0) is 13.1. The summed E-state index contributed by atoms with van der Waals surface area (Å²) >= 11 is 0. The Kier molecular flexibility index (Phi) is 4.11. The molecule has 0 spiro atoms. The summed E-state index contributed by atoms with van der Waals surface area (Å²) in [4.78, 5) is 0. The molecule has 1 aromatic carbocycles. The van der Waals surface area contributed by atoms with Crippen LogP contribution in [0.4, 0.5) is 10.1 Å². The van der Waals surface area contributed by atoms with Crippen LogP contribution in [0.25, 0.3) is 0 Å². The SMILES string of the molecule is CC(C)C(C)(C)CNc1ccc(F)cc1C#N. The third-order valence-electron chi connectivity index (χ3n) is 3.40. The third kappa shape index (κ3) is 3.45. The number of nitrogens with one attached hydrogen (secondary N) is 1. The van der Waals surface area contributed by atoms with Crippen molar-refractivity contribution in [3.05, 3.63) is 29.6 Å². The van der Waals surface area contributed by atoms with Gasteiger partial charge in [-0.05, 0) is 29.5 Å². The average molecular weight is 234 g/mol. The first-order valence-corrected chi connectivity index (χ1v) is 5.80. The van der Waals surface area contributed by atoms with Crippen LogP contribution in [0.3, 0.4) is 0 Å². The van der Waals surface area contributed by atoms with Gasteiger partial charge >= 0.3 is 0 Å². The molecule has 92 valence electrons. The quantitative estimate of drug-likeness (QED) is 0.860. The van der Waals surface area contributed by atoms with E-state index in [-0.39, 0.29) is 11.2 Å². The molecule has 1 rings (SSSR count). The molecule has 0 saturated heterocycles. The van der Waals surface area contributed by atoms with Crippen LogP contribution in [-0.4, -0.2) is 6.54 Å². The van der Waals surface area contributed by atoms with Crippen LogP contribution in [0.2, 0.25) is 0 Å². The van der Waals surface area contributed by atoms with Crippen LogP contribution >= 0.6 is 0 Å². The minimum absolute atomic E-state index is 0.126. The smallest absolute Gasteiger partial charge is 0.124 e. The summed E-state index contributed by atoms with van der Waals surface area (Å²) in [5.74, 6) is 0.149. The fourth-order valence-corrected chi connectivity index (χ4v) is 1.29. The average Bonchev–Trinajstić information content (AvgIpc) is 2.27. The fraction of sp³-hybridized carbons (Fsp3) is 0.500. The van der Waals surface area contributed by atoms with Crippen LogP contribution in [0.1, 0.15) is 33.3 Å². The third-order valence-corrected chi connectivity index (χ3v) is 3.40. The number of benzene rings is 1. The van der Waals surface area contributed by atoms with Crippen LogP contribution in [-0.2, 0) is 0 Å². The summed E-state index contributed by atoms with van der Waals surface area (Å²) < 4.78 is 13.0. The van der Waals surface area contributed by atoms with Gasteiger partial charge in [0, 0.05) is 6.54 Å². The lowest BCUT2D eigenvalue weighted by molar-refractivity contribution is 0.269. The number of hydrogen-bond donors (Lipinski definition) is 1. The molecule has 0 unspecified atom stereocenters. The number of rotatable bonds is 4. The Labute approximate surface area is 102 Å². The van der Waals surface area contributed by atoms with Crippen LogP contribution in [0.5, 0.6) is 0 Å². The molecule has 0 atom stereocenters. The first-order chi connectivity index (χ1) is 7.86. The van der Waals surface area contributed by atoms with E-state index in [4.69, 9.17) is 5.26 Å². The van der Waals surface area contributed by atoms with E-state index in [0.29, 0.717) is 17.2 Å². The number of hydrogen-bond acceptors (Lipinski definition) is 2. The molecular formula is C14H19FN2. The second-order valence-electron chi connectivity index (χ2n) is 5.30. The Morgan fingerprint density at radius 2 is 2.06 bits per heavy atom. The van der Waals surface area contributed by atoms with Crippen molar-refractivity contribution in [3.8, 4) is 6.07 Å². The van der Waals surface area contributed by atoms with Crippen molar-refractivity contribution in [2.45, 2.75) is 27.7 Å². The highest BCUT2D eigenvalue weighted by Gasteiger charge is 2.22. The Morgan fingerprint density at radius 1 is 1.41 bits per heavy atom. The second-order valence-corrected chi connectivity index (χ2v) is 5.30. The Balaban J connectivity index is 2.80. The van der Waals surface area contributed by atoms with E-state index < -0.39 is 0 Å². The van der Waals surface area contributed by atoms with Gasteiger partial charge in [-0.3, -0.25) is 0 Å². The maximum absolute atomic E-state index is 13.0. The molecule has 3 heteroatoms. The van der Waals surface area contributed by atoms with Gasteiger partial charge in [0.1, 0.15) is 11.9 Å². The molecule has 2 nitrogen and oxygen atoms in total. The van der Waals surface area contributed by atoms with E-state index >= 15 is 0 Å². The molecule has 0 aromatic heterocycles. The summed E-state index contributed by atoms with van der Waals surface area (Å²) in [7, 11) is 0. The molecule has 0 aliphatic rings. The van der Waals surface area contributed by atoms with Gasteiger partial charge in [0.05, 0.1) is 11.3 Å². The summed E-state index contributed by atoms with van der Waals surface area (Å²) in [6.45, 7) is 9.42. The molecule has 1 N–H and O–H groups in total. The molecule has 17 heavy (non-hydrogen) atoms. The van der Waals surface area contributed by atoms with E-state index in [2.05, 4.69) is 33.0 Å².